The largest absolute Gasteiger partial charge is 0.356 e. The van der Waals surface area contributed by atoms with E-state index in [4.69, 9.17) is 9.47 Å². The van der Waals surface area contributed by atoms with Crippen LogP contribution >= 0.6 is 0 Å². The molecule has 18 heavy (non-hydrogen) atoms. The molecule has 0 aromatic heterocycles. The smallest absolute Gasteiger partial charge is 0.160 e. The van der Waals surface area contributed by atoms with Gasteiger partial charge in [-0.05, 0) is 18.4 Å². The van der Waals surface area contributed by atoms with Crippen LogP contribution in [-0.4, -0.2) is 19.5 Å². The van der Waals surface area contributed by atoms with Gasteiger partial charge in [-0.1, -0.05) is 43.3 Å². The topological polar surface area (TPSA) is 18.5 Å². The molecule has 4 atom stereocenters. The normalized spacial score (nSPS) is 31.4. The second-order valence-corrected chi connectivity index (χ2v) is 4.98. The second kappa shape index (κ2) is 6.17. The SMILES string of the molecule is C=C[C@H]1[C@H](C)[C@@H](OC)O[C@@H]1CCc1ccccc1. The van der Waals surface area contributed by atoms with Crippen molar-refractivity contribution in [1.29, 1.82) is 0 Å². The predicted molar refractivity (Wildman–Crippen MR) is 73.3 cm³/mol. The van der Waals surface area contributed by atoms with Gasteiger partial charge in [-0.3, -0.25) is 0 Å². The molecule has 1 aromatic rings. The van der Waals surface area contributed by atoms with Crippen LogP contribution in [0.2, 0.25) is 0 Å². The summed E-state index contributed by atoms with van der Waals surface area (Å²) >= 11 is 0. The number of rotatable bonds is 5. The highest BCUT2D eigenvalue weighted by Gasteiger charge is 2.39. The van der Waals surface area contributed by atoms with E-state index in [-0.39, 0.29) is 12.4 Å². The Kier molecular flexibility index (Phi) is 4.56. The molecule has 2 nitrogen and oxygen atoms in total. The van der Waals surface area contributed by atoms with Gasteiger partial charge in [0.1, 0.15) is 0 Å². The summed E-state index contributed by atoms with van der Waals surface area (Å²) in [6.45, 7) is 6.10. The molecule has 1 saturated heterocycles. The number of methoxy groups -OCH3 is 1. The maximum atomic E-state index is 5.95. The number of benzene rings is 1. The van der Waals surface area contributed by atoms with Crippen molar-refractivity contribution in [3.8, 4) is 0 Å². The lowest BCUT2D eigenvalue weighted by Gasteiger charge is -2.16. The third kappa shape index (κ3) is 2.82. The van der Waals surface area contributed by atoms with E-state index in [0.29, 0.717) is 11.8 Å². The van der Waals surface area contributed by atoms with Crippen LogP contribution in [0.5, 0.6) is 0 Å². The Morgan fingerprint density at radius 2 is 2.06 bits per heavy atom. The summed E-state index contributed by atoms with van der Waals surface area (Å²) in [6.07, 6.45) is 4.21. The summed E-state index contributed by atoms with van der Waals surface area (Å²) in [4.78, 5) is 0. The molecule has 0 saturated carbocycles. The molecule has 2 heteroatoms. The van der Waals surface area contributed by atoms with Gasteiger partial charge < -0.3 is 9.47 Å². The van der Waals surface area contributed by atoms with E-state index in [2.05, 4.69) is 37.8 Å². The summed E-state index contributed by atoms with van der Waals surface area (Å²) in [5, 5.41) is 0. The molecule has 1 aromatic carbocycles. The molecule has 2 rings (SSSR count). The summed E-state index contributed by atoms with van der Waals surface area (Å²) in [7, 11) is 1.71. The first-order chi connectivity index (χ1) is 8.76. The molecule has 1 aliphatic heterocycles. The highest BCUT2D eigenvalue weighted by atomic mass is 16.7. The van der Waals surface area contributed by atoms with Crippen LogP contribution < -0.4 is 0 Å². The molecule has 0 N–H and O–H groups in total. The fraction of sp³-hybridized carbons (Fsp3) is 0.500. The average Bonchev–Trinajstić information content (AvgIpc) is 2.73. The van der Waals surface area contributed by atoms with Gasteiger partial charge in [0.15, 0.2) is 6.29 Å². The first-order valence-electron chi connectivity index (χ1n) is 6.61. The first-order valence-corrected chi connectivity index (χ1v) is 6.61. The summed E-state index contributed by atoms with van der Waals surface area (Å²) in [5.74, 6) is 0.770. The predicted octanol–water partition coefficient (Wildman–Crippen LogP) is 3.43. The fourth-order valence-electron chi connectivity index (χ4n) is 2.76. The summed E-state index contributed by atoms with van der Waals surface area (Å²) in [6, 6.07) is 10.5. The van der Waals surface area contributed by atoms with Crippen LogP contribution in [0.4, 0.5) is 0 Å². The van der Waals surface area contributed by atoms with Crippen LogP contribution in [0.1, 0.15) is 18.9 Å². The zero-order chi connectivity index (χ0) is 13.0. The lowest BCUT2D eigenvalue weighted by Crippen LogP contribution is -2.18. The standard InChI is InChI=1S/C16H22O2/c1-4-14-12(2)16(17-3)18-15(14)11-10-13-8-6-5-7-9-13/h4-9,12,14-16H,1,10-11H2,2-3H3/t12-,14-,15+,16-/m0/s1. The number of hydrogen-bond donors (Lipinski definition) is 0. The van der Waals surface area contributed by atoms with E-state index in [9.17, 15) is 0 Å². The van der Waals surface area contributed by atoms with E-state index >= 15 is 0 Å². The van der Waals surface area contributed by atoms with Crippen molar-refractivity contribution in [2.75, 3.05) is 7.11 Å². The minimum absolute atomic E-state index is 0.0891. The molecular formula is C16H22O2. The van der Waals surface area contributed by atoms with E-state index in [1.54, 1.807) is 7.11 Å². The third-order valence-corrected chi connectivity index (χ3v) is 3.84. The van der Waals surface area contributed by atoms with E-state index in [1.165, 1.54) is 5.56 Å². The Morgan fingerprint density at radius 3 is 2.67 bits per heavy atom. The van der Waals surface area contributed by atoms with E-state index in [0.717, 1.165) is 12.8 Å². The van der Waals surface area contributed by atoms with Gasteiger partial charge in [-0.25, -0.2) is 0 Å². The highest BCUT2D eigenvalue weighted by molar-refractivity contribution is 5.15. The zero-order valence-corrected chi connectivity index (χ0v) is 11.2. The number of ether oxygens (including phenoxy) is 2. The van der Waals surface area contributed by atoms with Crippen LogP contribution in [0.15, 0.2) is 43.0 Å². The Bertz CT molecular complexity index is 374. The fourth-order valence-corrected chi connectivity index (χ4v) is 2.76. The quantitative estimate of drug-likeness (QED) is 0.741. The van der Waals surface area contributed by atoms with Gasteiger partial charge in [0.05, 0.1) is 6.10 Å². The minimum Gasteiger partial charge on any atom is -0.356 e. The maximum Gasteiger partial charge on any atom is 0.160 e. The average molecular weight is 246 g/mol. The molecule has 0 amide bonds. The van der Waals surface area contributed by atoms with Crippen molar-refractivity contribution in [3.63, 3.8) is 0 Å². The Morgan fingerprint density at radius 1 is 1.33 bits per heavy atom. The van der Waals surface area contributed by atoms with Crippen LogP contribution in [0.3, 0.4) is 0 Å². The number of aryl methyl sites for hydroxylation is 1. The van der Waals surface area contributed by atoms with Gasteiger partial charge in [-0.15, -0.1) is 6.58 Å². The van der Waals surface area contributed by atoms with Crippen LogP contribution in [-0.2, 0) is 15.9 Å². The van der Waals surface area contributed by atoms with Crippen molar-refractivity contribution in [2.24, 2.45) is 11.8 Å². The Balaban J connectivity index is 1.94. The van der Waals surface area contributed by atoms with Gasteiger partial charge in [0.25, 0.3) is 0 Å². The summed E-state index contributed by atoms with van der Waals surface area (Å²) in [5.41, 5.74) is 1.36. The number of hydrogen-bond acceptors (Lipinski definition) is 2. The highest BCUT2D eigenvalue weighted by Crippen LogP contribution is 2.35. The molecule has 1 heterocycles. The molecule has 0 bridgehead atoms. The van der Waals surface area contributed by atoms with Gasteiger partial charge in [-0.2, -0.15) is 0 Å². The Hall–Kier alpha value is -1.12. The molecule has 0 radical (unpaired) electrons. The van der Waals surface area contributed by atoms with Crippen molar-refractivity contribution in [1.82, 2.24) is 0 Å². The molecule has 0 unspecified atom stereocenters. The van der Waals surface area contributed by atoms with Gasteiger partial charge in [0, 0.05) is 18.9 Å². The van der Waals surface area contributed by atoms with Crippen molar-refractivity contribution >= 4 is 0 Å². The maximum absolute atomic E-state index is 5.95. The van der Waals surface area contributed by atoms with Crippen molar-refractivity contribution in [3.05, 3.63) is 48.6 Å². The molecule has 0 spiro atoms. The van der Waals surface area contributed by atoms with Crippen molar-refractivity contribution in [2.45, 2.75) is 32.2 Å². The van der Waals surface area contributed by atoms with E-state index in [1.807, 2.05) is 12.1 Å². The monoisotopic (exact) mass is 246 g/mol. The molecule has 1 aliphatic rings. The molecule has 98 valence electrons. The third-order valence-electron chi connectivity index (χ3n) is 3.84. The first kappa shape index (κ1) is 13.3. The lowest BCUT2D eigenvalue weighted by atomic mass is 9.89. The van der Waals surface area contributed by atoms with Gasteiger partial charge in [0.2, 0.25) is 0 Å². The zero-order valence-electron chi connectivity index (χ0n) is 11.2. The lowest BCUT2D eigenvalue weighted by molar-refractivity contribution is -0.130. The van der Waals surface area contributed by atoms with Crippen molar-refractivity contribution < 1.29 is 9.47 Å². The summed E-state index contributed by atoms with van der Waals surface area (Å²) < 4.78 is 11.3. The molecule has 0 aliphatic carbocycles. The second-order valence-electron chi connectivity index (χ2n) is 4.98. The molecular weight excluding hydrogens is 224 g/mol. The van der Waals surface area contributed by atoms with E-state index < -0.39 is 0 Å². The van der Waals surface area contributed by atoms with Crippen LogP contribution in [0, 0.1) is 11.8 Å². The van der Waals surface area contributed by atoms with Crippen LogP contribution in [0.25, 0.3) is 0 Å². The minimum atomic E-state index is -0.0891. The van der Waals surface area contributed by atoms with Gasteiger partial charge >= 0.3 is 0 Å². The molecule has 1 fully saturated rings. The Labute approximate surface area is 110 Å².